The molecule has 0 saturated carbocycles. The highest BCUT2D eigenvalue weighted by Crippen LogP contribution is 2.16. The lowest BCUT2D eigenvalue weighted by molar-refractivity contribution is 0.0908. The zero-order valence-corrected chi connectivity index (χ0v) is 17.3. The van der Waals surface area contributed by atoms with Crippen molar-refractivity contribution in [3.63, 3.8) is 0 Å². The molecule has 27 heavy (non-hydrogen) atoms. The molecule has 0 aliphatic carbocycles. The molecule has 2 aromatic carbocycles. The van der Waals surface area contributed by atoms with Crippen molar-refractivity contribution in [3.05, 3.63) is 92.7 Å². The van der Waals surface area contributed by atoms with E-state index in [9.17, 15) is 9.59 Å². The molecule has 0 spiro atoms. The number of ketones is 1. The summed E-state index contributed by atoms with van der Waals surface area (Å²) in [5.41, 5.74) is 2.77. The molecule has 6 heteroatoms. The fourth-order valence-electron chi connectivity index (χ4n) is 2.88. The Kier molecular flexibility index (Phi) is 5.82. The Hall–Kier alpha value is -2.37. The number of rotatable bonds is 5. The number of carbonyl (C=O) groups is 2. The molecule has 138 valence electrons. The van der Waals surface area contributed by atoms with Gasteiger partial charge in [0.05, 0.1) is 0 Å². The summed E-state index contributed by atoms with van der Waals surface area (Å²) in [5, 5.41) is 2.02. The standard InChI is InChI=1S/C21H18BrClN2O2/c1-14-3-4-15(2)25(14)24(21(27)17-7-11-19(23)12-8-17)13-20(26)16-5-9-18(22)10-6-16/h3-12H,13H2,1-2H3. The van der Waals surface area contributed by atoms with Gasteiger partial charge in [-0.1, -0.05) is 39.7 Å². The number of hydrogen-bond acceptors (Lipinski definition) is 2. The Bertz CT molecular complexity index is 959. The van der Waals surface area contributed by atoms with Gasteiger partial charge in [0.25, 0.3) is 5.91 Å². The van der Waals surface area contributed by atoms with Gasteiger partial charge in [0.15, 0.2) is 5.78 Å². The maximum Gasteiger partial charge on any atom is 0.273 e. The van der Waals surface area contributed by atoms with Crippen LogP contribution in [-0.4, -0.2) is 22.9 Å². The molecular formula is C21H18BrClN2O2. The van der Waals surface area contributed by atoms with Crippen molar-refractivity contribution in [3.8, 4) is 0 Å². The van der Waals surface area contributed by atoms with Gasteiger partial charge in [0.2, 0.25) is 0 Å². The minimum absolute atomic E-state index is 0.0700. The second kappa shape index (κ2) is 8.11. The second-order valence-electron chi connectivity index (χ2n) is 6.23. The molecule has 1 heterocycles. The summed E-state index contributed by atoms with van der Waals surface area (Å²) >= 11 is 9.30. The molecule has 0 fully saturated rings. The summed E-state index contributed by atoms with van der Waals surface area (Å²) in [4.78, 5) is 26.0. The van der Waals surface area contributed by atoms with E-state index in [1.54, 1.807) is 41.1 Å². The van der Waals surface area contributed by atoms with Crippen molar-refractivity contribution in [1.29, 1.82) is 0 Å². The van der Waals surface area contributed by atoms with Crippen molar-refractivity contribution in [2.45, 2.75) is 13.8 Å². The Morgan fingerprint density at radius 3 is 1.96 bits per heavy atom. The topological polar surface area (TPSA) is 42.3 Å². The molecule has 1 aromatic heterocycles. The van der Waals surface area contributed by atoms with Gasteiger partial charge >= 0.3 is 0 Å². The van der Waals surface area contributed by atoms with Crippen LogP contribution in [0.15, 0.2) is 65.1 Å². The molecule has 1 amide bonds. The summed E-state index contributed by atoms with van der Waals surface area (Å²) in [6, 6.07) is 17.6. The first-order valence-corrected chi connectivity index (χ1v) is 9.55. The maximum absolute atomic E-state index is 13.2. The number of aryl methyl sites for hydroxylation is 2. The smallest absolute Gasteiger partial charge is 0.273 e. The number of nitrogens with zero attached hydrogens (tertiary/aromatic N) is 2. The van der Waals surface area contributed by atoms with Crippen LogP contribution in [0.25, 0.3) is 0 Å². The molecule has 3 aromatic rings. The minimum Gasteiger partial charge on any atom is -0.292 e. The first-order valence-electron chi connectivity index (χ1n) is 8.38. The van der Waals surface area contributed by atoms with Gasteiger partial charge in [-0.05, 0) is 62.4 Å². The van der Waals surface area contributed by atoms with Crippen LogP contribution >= 0.6 is 27.5 Å². The van der Waals surface area contributed by atoms with E-state index in [1.165, 1.54) is 5.01 Å². The fourth-order valence-corrected chi connectivity index (χ4v) is 3.27. The molecule has 0 unspecified atom stereocenters. The molecule has 0 atom stereocenters. The first kappa shape index (κ1) is 19.4. The van der Waals surface area contributed by atoms with Crippen LogP contribution in [0, 0.1) is 13.8 Å². The summed E-state index contributed by atoms with van der Waals surface area (Å²) < 4.78 is 2.67. The number of Topliss-reactive ketones (excluding diaryl/α,β-unsaturated/α-hetero) is 1. The maximum atomic E-state index is 13.2. The number of aromatic nitrogens is 1. The van der Waals surface area contributed by atoms with Gasteiger partial charge in [0.1, 0.15) is 6.54 Å². The van der Waals surface area contributed by atoms with Gasteiger partial charge < -0.3 is 0 Å². The molecule has 0 saturated heterocycles. The molecule has 0 aliphatic heterocycles. The molecule has 4 nitrogen and oxygen atoms in total. The van der Waals surface area contributed by atoms with Crippen LogP contribution in [0.4, 0.5) is 0 Å². The average molecular weight is 446 g/mol. The minimum atomic E-state index is -0.264. The summed E-state index contributed by atoms with van der Waals surface area (Å²) in [7, 11) is 0. The van der Waals surface area contributed by atoms with Gasteiger partial charge in [-0.25, -0.2) is 5.01 Å². The predicted octanol–water partition coefficient (Wildman–Crippen LogP) is 5.18. The van der Waals surface area contributed by atoms with Gasteiger partial charge in [-0.15, -0.1) is 0 Å². The van der Waals surface area contributed by atoms with E-state index in [1.807, 2.05) is 38.1 Å². The second-order valence-corrected chi connectivity index (χ2v) is 7.58. The van der Waals surface area contributed by atoms with Crippen molar-refractivity contribution in [2.24, 2.45) is 0 Å². The van der Waals surface area contributed by atoms with E-state index in [-0.39, 0.29) is 18.2 Å². The van der Waals surface area contributed by atoms with Crippen molar-refractivity contribution >= 4 is 39.2 Å². The average Bonchev–Trinajstić information content (AvgIpc) is 2.98. The van der Waals surface area contributed by atoms with Crippen LogP contribution in [0.1, 0.15) is 32.1 Å². The van der Waals surface area contributed by atoms with E-state index in [2.05, 4.69) is 15.9 Å². The lowest BCUT2D eigenvalue weighted by Crippen LogP contribution is -2.45. The van der Waals surface area contributed by atoms with Gasteiger partial charge in [0, 0.05) is 32.0 Å². The van der Waals surface area contributed by atoms with E-state index < -0.39 is 0 Å². The van der Waals surface area contributed by atoms with E-state index in [0.29, 0.717) is 16.1 Å². The van der Waals surface area contributed by atoms with Crippen molar-refractivity contribution in [2.75, 3.05) is 11.6 Å². The van der Waals surface area contributed by atoms with E-state index in [0.717, 1.165) is 15.9 Å². The number of benzene rings is 2. The van der Waals surface area contributed by atoms with Crippen molar-refractivity contribution in [1.82, 2.24) is 4.68 Å². The first-order chi connectivity index (χ1) is 12.9. The fraction of sp³-hybridized carbons (Fsp3) is 0.143. The summed E-state index contributed by atoms with van der Waals surface area (Å²) in [6.45, 7) is 3.73. The van der Waals surface area contributed by atoms with Gasteiger partial charge in [-0.2, -0.15) is 0 Å². The zero-order chi connectivity index (χ0) is 19.6. The molecule has 0 N–H and O–H groups in total. The SMILES string of the molecule is Cc1ccc(C)n1N(CC(=O)c1ccc(Br)cc1)C(=O)c1ccc(Cl)cc1. The lowest BCUT2D eigenvalue weighted by atomic mass is 10.1. The van der Waals surface area contributed by atoms with E-state index >= 15 is 0 Å². The number of amides is 1. The van der Waals surface area contributed by atoms with Crippen LogP contribution < -0.4 is 5.01 Å². The normalized spacial score (nSPS) is 10.7. The molecular weight excluding hydrogens is 428 g/mol. The lowest BCUT2D eigenvalue weighted by Gasteiger charge is -2.26. The molecule has 0 bridgehead atoms. The van der Waals surface area contributed by atoms with Crippen molar-refractivity contribution < 1.29 is 9.59 Å². The number of carbonyl (C=O) groups excluding carboxylic acids is 2. The van der Waals surface area contributed by atoms with Crippen LogP contribution in [0.3, 0.4) is 0 Å². The number of halogens is 2. The molecule has 3 rings (SSSR count). The van der Waals surface area contributed by atoms with Crippen LogP contribution in [0.5, 0.6) is 0 Å². The third-order valence-corrected chi connectivity index (χ3v) is 5.04. The van der Waals surface area contributed by atoms with E-state index in [4.69, 9.17) is 11.6 Å². The third-order valence-electron chi connectivity index (χ3n) is 4.26. The van der Waals surface area contributed by atoms with Crippen LogP contribution in [0.2, 0.25) is 5.02 Å². The van der Waals surface area contributed by atoms with Crippen LogP contribution in [-0.2, 0) is 0 Å². The zero-order valence-electron chi connectivity index (χ0n) is 14.9. The molecule has 0 radical (unpaired) electrons. The highest BCUT2D eigenvalue weighted by Gasteiger charge is 2.23. The predicted molar refractivity (Wildman–Crippen MR) is 111 cm³/mol. The Morgan fingerprint density at radius 2 is 1.41 bits per heavy atom. The highest BCUT2D eigenvalue weighted by molar-refractivity contribution is 9.10. The Balaban J connectivity index is 1.97. The Labute approximate surface area is 171 Å². The molecule has 0 aliphatic rings. The summed E-state index contributed by atoms with van der Waals surface area (Å²) in [6.07, 6.45) is 0. The monoisotopic (exact) mass is 444 g/mol. The third kappa shape index (κ3) is 4.31. The largest absolute Gasteiger partial charge is 0.292 e. The Morgan fingerprint density at radius 1 is 0.889 bits per heavy atom. The number of hydrogen-bond donors (Lipinski definition) is 0. The highest BCUT2D eigenvalue weighted by atomic mass is 79.9. The quantitative estimate of drug-likeness (QED) is 0.508. The van der Waals surface area contributed by atoms with Gasteiger partial charge in [-0.3, -0.25) is 14.3 Å². The summed E-state index contributed by atoms with van der Waals surface area (Å²) in [5.74, 6) is -0.406.